The van der Waals surface area contributed by atoms with E-state index >= 15 is 0 Å². The van der Waals surface area contributed by atoms with E-state index in [2.05, 4.69) is 247 Å². The second-order valence-electron chi connectivity index (χ2n) is 17.1. The quantitative estimate of drug-likeness (QED) is 0.137. The summed E-state index contributed by atoms with van der Waals surface area (Å²) < 4.78 is 2.49. The Bertz CT molecular complexity index is 3410. The molecule has 0 aliphatic heterocycles. The molecule has 1 nitrogen and oxygen atoms in total. The van der Waals surface area contributed by atoms with E-state index in [0.717, 1.165) is 18.5 Å². The molecule has 0 saturated carbocycles. The third kappa shape index (κ3) is 6.07. The Labute approximate surface area is 369 Å². The molecule has 1 aromatic heterocycles. The first-order valence-corrected chi connectivity index (χ1v) is 22.3. The SMILES string of the molecule is c1ccc(C(CCc2cccc3ccccc23)c2cccc(-c3ccc4c5ccccc5n(-c5ccc6c(c5)-c5ccccc5C6(c5ccccc5)c5ccccc5)c4c3)c2)cc1. The average Bonchev–Trinajstić information content (AvgIpc) is 3.85. The number of hydrogen-bond acceptors (Lipinski definition) is 0. The lowest BCUT2D eigenvalue weighted by atomic mass is 9.68. The lowest BCUT2D eigenvalue weighted by Gasteiger charge is -2.33. The molecule has 1 heteroatoms. The van der Waals surface area contributed by atoms with Crippen molar-refractivity contribution in [3.05, 3.63) is 282 Å². The fourth-order valence-corrected chi connectivity index (χ4v) is 11.0. The fourth-order valence-electron chi connectivity index (χ4n) is 11.0. The van der Waals surface area contributed by atoms with Crippen molar-refractivity contribution in [2.45, 2.75) is 24.2 Å². The molecule has 10 aromatic carbocycles. The zero-order valence-electron chi connectivity index (χ0n) is 35.0. The van der Waals surface area contributed by atoms with Crippen molar-refractivity contribution in [3.8, 4) is 27.9 Å². The van der Waals surface area contributed by atoms with Crippen LogP contribution < -0.4 is 0 Å². The molecule has 1 unspecified atom stereocenters. The van der Waals surface area contributed by atoms with E-state index in [1.54, 1.807) is 0 Å². The zero-order chi connectivity index (χ0) is 41.7. The van der Waals surface area contributed by atoms with E-state index in [4.69, 9.17) is 0 Å². The van der Waals surface area contributed by atoms with Gasteiger partial charge in [0.1, 0.15) is 0 Å². The molecule has 1 heterocycles. The molecule has 0 saturated heterocycles. The normalized spacial score (nSPS) is 13.3. The van der Waals surface area contributed by atoms with Crippen molar-refractivity contribution in [2.24, 2.45) is 0 Å². The van der Waals surface area contributed by atoms with E-state index in [1.807, 2.05) is 0 Å². The van der Waals surface area contributed by atoms with Gasteiger partial charge in [0.05, 0.1) is 16.4 Å². The Morgan fingerprint density at radius 2 is 0.984 bits per heavy atom. The number of aromatic nitrogens is 1. The lowest BCUT2D eigenvalue weighted by molar-refractivity contribution is 0.718. The van der Waals surface area contributed by atoms with E-state index in [9.17, 15) is 0 Å². The van der Waals surface area contributed by atoms with Crippen molar-refractivity contribution in [1.82, 2.24) is 4.57 Å². The molecule has 1 aliphatic rings. The molecule has 0 radical (unpaired) electrons. The minimum absolute atomic E-state index is 0.258. The van der Waals surface area contributed by atoms with Crippen LogP contribution in [-0.4, -0.2) is 4.57 Å². The number of benzene rings is 10. The summed E-state index contributed by atoms with van der Waals surface area (Å²) in [5.74, 6) is 0.258. The van der Waals surface area contributed by atoms with E-state index in [-0.39, 0.29) is 5.92 Å². The zero-order valence-corrected chi connectivity index (χ0v) is 35.0. The van der Waals surface area contributed by atoms with Gasteiger partial charge in [-0.1, -0.05) is 218 Å². The summed E-state index contributed by atoms with van der Waals surface area (Å²) in [5.41, 5.74) is 17.5. The second-order valence-corrected chi connectivity index (χ2v) is 17.1. The van der Waals surface area contributed by atoms with Crippen LogP contribution >= 0.6 is 0 Å². The standard InChI is InChI=1S/C62H45N/c1-4-18-43(19-5-1)53(37-34-45-22-16-21-44-20-10-11-29-52(44)45)48-24-17-23-46(40-48)47-35-38-56-55-31-13-15-33-60(55)63(61(56)41-47)51-36-39-59-57(42-51)54-30-12-14-32-58(54)62(59,49-25-6-2-7-26-49)50-27-8-3-9-28-50/h1-33,35-36,38-42,53H,34,37H2. The summed E-state index contributed by atoms with van der Waals surface area (Å²) in [6, 6.07) is 90.2. The maximum Gasteiger partial charge on any atom is 0.0713 e. The van der Waals surface area contributed by atoms with Crippen molar-refractivity contribution >= 4 is 32.6 Å². The summed E-state index contributed by atoms with van der Waals surface area (Å²) in [7, 11) is 0. The predicted molar refractivity (Wildman–Crippen MR) is 264 cm³/mol. The van der Waals surface area contributed by atoms with Crippen LogP contribution in [0.2, 0.25) is 0 Å². The Morgan fingerprint density at radius 1 is 0.381 bits per heavy atom. The number of para-hydroxylation sites is 1. The van der Waals surface area contributed by atoms with Crippen LogP contribution in [0, 0.1) is 0 Å². The first-order chi connectivity index (χ1) is 31.3. The maximum absolute atomic E-state index is 2.49. The molecule has 0 N–H and O–H groups in total. The topological polar surface area (TPSA) is 4.93 Å². The Kier molecular flexibility index (Phi) is 9.01. The maximum atomic E-state index is 2.49. The molecule has 298 valence electrons. The van der Waals surface area contributed by atoms with Crippen molar-refractivity contribution in [3.63, 3.8) is 0 Å². The number of aryl methyl sites for hydroxylation is 1. The summed E-state index contributed by atoms with van der Waals surface area (Å²) >= 11 is 0. The van der Waals surface area contributed by atoms with Gasteiger partial charge in [-0.25, -0.2) is 0 Å². The van der Waals surface area contributed by atoms with Crippen LogP contribution in [0.4, 0.5) is 0 Å². The fraction of sp³-hybridized carbons (Fsp3) is 0.0645. The Hall–Kier alpha value is -7.74. The number of nitrogens with zero attached hydrogens (tertiary/aromatic N) is 1. The Morgan fingerprint density at radius 3 is 1.79 bits per heavy atom. The largest absolute Gasteiger partial charge is 0.309 e. The van der Waals surface area contributed by atoms with Gasteiger partial charge in [-0.15, -0.1) is 0 Å². The molecule has 1 aliphatic carbocycles. The molecule has 63 heavy (non-hydrogen) atoms. The van der Waals surface area contributed by atoms with Gasteiger partial charge in [0.25, 0.3) is 0 Å². The third-order valence-corrected chi connectivity index (χ3v) is 13.8. The van der Waals surface area contributed by atoms with Crippen LogP contribution in [0.3, 0.4) is 0 Å². The first kappa shape index (κ1) is 37.1. The molecule has 0 amide bonds. The van der Waals surface area contributed by atoms with Gasteiger partial charge < -0.3 is 4.57 Å². The minimum atomic E-state index is -0.432. The summed E-state index contributed by atoms with van der Waals surface area (Å²) in [4.78, 5) is 0. The Balaban J connectivity index is 0.988. The van der Waals surface area contributed by atoms with Crippen LogP contribution in [0.1, 0.15) is 51.3 Å². The highest BCUT2D eigenvalue weighted by Gasteiger charge is 2.46. The summed E-state index contributed by atoms with van der Waals surface area (Å²) in [6.07, 6.45) is 2.02. The van der Waals surface area contributed by atoms with Gasteiger partial charge in [-0.2, -0.15) is 0 Å². The van der Waals surface area contributed by atoms with Gasteiger partial charge >= 0.3 is 0 Å². The van der Waals surface area contributed by atoms with Gasteiger partial charge in [0.15, 0.2) is 0 Å². The van der Waals surface area contributed by atoms with Gasteiger partial charge in [-0.3, -0.25) is 0 Å². The summed E-state index contributed by atoms with van der Waals surface area (Å²) in [5, 5.41) is 5.17. The highest BCUT2D eigenvalue weighted by atomic mass is 15.0. The molecule has 12 rings (SSSR count). The molecule has 1 atom stereocenters. The van der Waals surface area contributed by atoms with E-state index in [0.29, 0.717) is 0 Å². The van der Waals surface area contributed by atoms with E-state index in [1.165, 1.54) is 93.8 Å². The molecule has 0 spiro atoms. The smallest absolute Gasteiger partial charge is 0.0713 e. The minimum Gasteiger partial charge on any atom is -0.309 e. The van der Waals surface area contributed by atoms with E-state index < -0.39 is 5.41 Å². The van der Waals surface area contributed by atoms with Crippen molar-refractivity contribution in [2.75, 3.05) is 0 Å². The molecule has 11 aromatic rings. The van der Waals surface area contributed by atoms with Gasteiger partial charge in [0, 0.05) is 22.4 Å². The van der Waals surface area contributed by atoms with Gasteiger partial charge in [-0.05, 0) is 109 Å². The molecule has 0 fully saturated rings. The van der Waals surface area contributed by atoms with Crippen LogP contribution in [0.15, 0.2) is 243 Å². The van der Waals surface area contributed by atoms with Crippen molar-refractivity contribution in [1.29, 1.82) is 0 Å². The van der Waals surface area contributed by atoms with Gasteiger partial charge in [0.2, 0.25) is 0 Å². The third-order valence-electron chi connectivity index (χ3n) is 13.8. The van der Waals surface area contributed by atoms with Crippen molar-refractivity contribution < 1.29 is 0 Å². The summed E-state index contributed by atoms with van der Waals surface area (Å²) in [6.45, 7) is 0. The van der Waals surface area contributed by atoms with Crippen LogP contribution in [0.5, 0.6) is 0 Å². The monoisotopic (exact) mass is 803 g/mol. The number of rotatable bonds is 9. The molecular weight excluding hydrogens is 759 g/mol. The second kappa shape index (κ2) is 15.3. The van der Waals surface area contributed by atoms with Crippen LogP contribution in [0.25, 0.3) is 60.5 Å². The number of fused-ring (bicyclic) bond motifs is 7. The predicted octanol–water partition coefficient (Wildman–Crippen LogP) is 15.7. The highest BCUT2D eigenvalue weighted by Crippen LogP contribution is 2.56. The average molecular weight is 804 g/mol. The number of hydrogen-bond donors (Lipinski definition) is 0. The van der Waals surface area contributed by atoms with Crippen LogP contribution in [-0.2, 0) is 11.8 Å². The lowest BCUT2D eigenvalue weighted by Crippen LogP contribution is -2.28. The first-order valence-electron chi connectivity index (χ1n) is 22.3. The molecular formula is C62H45N. The highest BCUT2D eigenvalue weighted by molar-refractivity contribution is 6.10. The molecule has 0 bridgehead atoms.